The van der Waals surface area contributed by atoms with E-state index in [9.17, 15) is 9.18 Å². The van der Waals surface area contributed by atoms with E-state index in [1.165, 1.54) is 12.1 Å². The first-order valence-electron chi connectivity index (χ1n) is 11.1. The van der Waals surface area contributed by atoms with Crippen molar-refractivity contribution >= 4 is 12.0 Å². The van der Waals surface area contributed by atoms with Crippen molar-refractivity contribution in [2.24, 2.45) is 0 Å². The Bertz CT molecular complexity index is 1220. The van der Waals surface area contributed by atoms with Crippen molar-refractivity contribution in [3.05, 3.63) is 83.4 Å². The summed E-state index contributed by atoms with van der Waals surface area (Å²) < 4.78 is 27.0. The van der Waals surface area contributed by atoms with Gasteiger partial charge in [0.1, 0.15) is 17.7 Å². The maximum Gasteiger partial charge on any atom is 0.289 e. The lowest BCUT2D eigenvalue weighted by molar-refractivity contribution is -0.144. The van der Waals surface area contributed by atoms with Crippen LogP contribution < -0.4 is 4.74 Å². The first-order chi connectivity index (χ1) is 15.9. The molecule has 2 saturated heterocycles. The summed E-state index contributed by atoms with van der Waals surface area (Å²) >= 11 is 0. The molecule has 0 spiro atoms. The van der Waals surface area contributed by atoms with Crippen LogP contribution in [-0.2, 0) is 9.53 Å². The molecule has 2 aromatic carbocycles. The number of benzene rings is 2. The molecule has 170 valence electrons. The van der Waals surface area contributed by atoms with Crippen molar-refractivity contribution in [3.8, 4) is 11.4 Å². The van der Waals surface area contributed by atoms with Crippen LogP contribution in [0.1, 0.15) is 42.6 Å². The number of morpholine rings is 1. The molecule has 6 nitrogen and oxygen atoms in total. The smallest absolute Gasteiger partial charge is 0.289 e. The van der Waals surface area contributed by atoms with Gasteiger partial charge >= 0.3 is 0 Å². The van der Waals surface area contributed by atoms with Gasteiger partial charge < -0.3 is 18.9 Å². The molecule has 0 saturated carbocycles. The zero-order valence-corrected chi connectivity index (χ0v) is 18.9. The predicted octanol–water partition coefficient (Wildman–Crippen LogP) is 4.82. The van der Waals surface area contributed by atoms with E-state index in [2.05, 4.69) is 4.98 Å². The SMILES string of the molecule is COc1cc(/C=C2\O[C@H](C)C3CCC(c4ccc(F)cc4)N3C2=O)ccc1-n1cnc(C)c1. The minimum Gasteiger partial charge on any atom is -0.495 e. The second-order valence-corrected chi connectivity index (χ2v) is 8.61. The van der Waals surface area contributed by atoms with E-state index in [0.29, 0.717) is 11.5 Å². The van der Waals surface area contributed by atoms with E-state index in [1.54, 1.807) is 31.6 Å². The number of amides is 1. The number of nitrogens with zero attached hydrogens (tertiary/aromatic N) is 3. The lowest BCUT2D eigenvalue weighted by atomic mass is 10.0. The van der Waals surface area contributed by atoms with Crippen molar-refractivity contribution in [1.29, 1.82) is 0 Å². The number of rotatable bonds is 4. The minimum absolute atomic E-state index is 0.00564. The van der Waals surface area contributed by atoms with Crippen LogP contribution in [0.5, 0.6) is 5.75 Å². The number of imidazole rings is 1. The highest BCUT2D eigenvalue weighted by atomic mass is 19.1. The minimum atomic E-state index is -0.279. The number of carbonyl (C=O) groups is 1. The number of aryl methyl sites for hydroxylation is 1. The highest BCUT2D eigenvalue weighted by Crippen LogP contribution is 2.42. The molecule has 7 heteroatoms. The zero-order valence-electron chi connectivity index (χ0n) is 18.9. The van der Waals surface area contributed by atoms with E-state index in [4.69, 9.17) is 9.47 Å². The summed E-state index contributed by atoms with van der Waals surface area (Å²) in [4.78, 5) is 19.7. The number of aromatic nitrogens is 2. The van der Waals surface area contributed by atoms with Gasteiger partial charge in [0.15, 0.2) is 5.76 Å². The number of carbonyl (C=O) groups excluding carboxylic acids is 1. The molecule has 2 aliphatic heterocycles. The van der Waals surface area contributed by atoms with Crippen LogP contribution >= 0.6 is 0 Å². The summed E-state index contributed by atoms with van der Waals surface area (Å²) in [7, 11) is 1.62. The summed E-state index contributed by atoms with van der Waals surface area (Å²) in [6, 6.07) is 12.1. The fourth-order valence-electron chi connectivity index (χ4n) is 4.86. The lowest BCUT2D eigenvalue weighted by Crippen LogP contribution is -2.49. The van der Waals surface area contributed by atoms with Gasteiger partial charge in [0.2, 0.25) is 0 Å². The highest BCUT2D eigenvalue weighted by Gasteiger charge is 2.46. The number of hydrogen-bond donors (Lipinski definition) is 0. The molecule has 3 atom stereocenters. The Hall–Kier alpha value is -3.61. The molecular formula is C26H26FN3O3. The van der Waals surface area contributed by atoms with Crippen LogP contribution in [0, 0.1) is 12.7 Å². The van der Waals surface area contributed by atoms with Crippen molar-refractivity contribution in [3.63, 3.8) is 0 Å². The summed E-state index contributed by atoms with van der Waals surface area (Å²) in [5.74, 6) is 0.555. The Kier molecular flexibility index (Phi) is 5.40. The number of hydrogen-bond acceptors (Lipinski definition) is 4. The topological polar surface area (TPSA) is 56.6 Å². The first-order valence-corrected chi connectivity index (χ1v) is 11.1. The summed E-state index contributed by atoms with van der Waals surface area (Å²) in [6.07, 6.45) is 6.98. The fraction of sp³-hybridized carbons (Fsp3) is 0.308. The van der Waals surface area contributed by atoms with Crippen LogP contribution in [0.4, 0.5) is 4.39 Å². The van der Waals surface area contributed by atoms with Gasteiger partial charge in [-0.1, -0.05) is 18.2 Å². The van der Waals surface area contributed by atoms with Crippen molar-refractivity contribution < 1.29 is 18.7 Å². The fourth-order valence-corrected chi connectivity index (χ4v) is 4.86. The largest absolute Gasteiger partial charge is 0.495 e. The van der Waals surface area contributed by atoms with E-state index in [1.807, 2.05) is 47.7 Å². The molecule has 0 aliphatic carbocycles. The second-order valence-electron chi connectivity index (χ2n) is 8.61. The van der Waals surface area contributed by atoms with E-state index in [-0.39, 0.29) is 29.9 Å². The Balaban J connectivity index is 1.46. The average Bonchev–Trinajstić information content (AvgIpc) is 3.45. The van der Waals surface area contributed by atoms with Crippen LogP contribution in [0.2, 0.25) is 0 Å². The Labute approximate surface area is 192 Å². The first kappa shape index (κ1) is 21.2. The molecule has 33 heavy (non-hydrogen) atoms. The molecule has 0 bridgehead atoms. The second kappa shape index (κ2) is 8.39. The Morgan fingerprint density at radius 3 is 2.67 bits per heavy atom. The van der Waals surface area contributed by atoms with Gasteiger partial charge in [0, 0.05) is 6.20 Å². The molecular weight excluding hydrogens is 421 g/mol. The molecule has 1 amide bonds. The maximum atomic E-state index is 13.5. The number of halogens is 1. The van der Waals surface area contributed by atoms with Gasteiger partial charge in [0.25, 0.3) is 5.91 Å². The maximum absolute atomic E-state index is 13.5. The predicted molar refractivity (Wildman–Crippen MR) is 122 cm³/mol. The molecule has 0 radical (unpaired) electrons. The number of ether oxygens (including phenoxy) is 2. The Morgan fingerprint density at radius 2 is 1.97 bits per heavy atom. The normalized spacial score (nSPS) is 23.5. The Morgan fingerprint density at radius 1 is 1.18 bits per heavy atom. The van der Waals surface area contributed by atoms with Gasteiger partial charge in [-0.25, -0.2) is 9.37 Å². The monoisotopic (exact) mass is 447 g/mol. The molecule has 2 aliphatic rings. The standard InChI is InChI=1S/C26H26FN3O3/c1-16-14-29(15-28-16)23-9-4-18(12-24(23)32-3)13-25-26(31)30-21(17(2)33-25)10-11-22(30)19-5-7-20(27)8-6-19/h4-9,12-15,17,21-22H,10-11H2,1-3H3/b25-13-/t17-,21?,22?/m1/s1. The van der Waals surface area contributed by atoms with Crippen LogP contribution in [0.15, 0.2) is 60.7 Å². The van der Waals surface area contributed by atoms with E-state index < -0.39 is 0 Å². The van der Waals surface area contributed by atoms with Crippen LogP contribution in [-0.4, -0.2) is 39.6 Å². The molecule has 2 unspecified atom stereocenters. The van der Waals surface area contributed by atoms with Gasteiger partial charge in [-0.05, 0) is 68.2 Å². The third-order valence-corrected chi connectivity index (χ3v) is 6.48. The van der Waals surface area contributed by atoms with Gasteiger partial charge in [-0.3, -0.25) is 4.79 Å². The van der Waals surface area contributed by atoms with E-state index in [0.717, 1.165) is 35.3 Å². The molecule has 0 N–H and O–H groups in total. The molecule has 3 aromatic rings. The number of fused-ring (bicyclic) bond motifs is 1. The summed E-state index contributed by atoms with van der Waals surface area (Å²) in [5.41, 5.74) is 3.52. The third kappa shape index (κ3) is 3.88. The van der Waals surface area contributed by atoms with Gasteiger partial charge in [-0.2, -0.15) is 0 Å². The summed E-state index contributed by atoms with van der Waals surface area (Å²) in [6.45, 7) is 3.93. The quantitative estimate of drug-likeness (QED) is 0.538. The average molecular weight is 448 g/mol. The highest BCUT2D eigenvalue weighted by molar-refractivity contribution is 5.97. The van der Waals surface area contributed by atoms with Crippen molar-refractivity contribution in [2.75, 3.05) is 7.11 Å². The third-order valence-electron chi connectivity index (χ3n) is 6.48. The van der Waals surface area contributed by atoms with Crippen LogP contribution in [0.3, 0.4) is 0 Å². The lowest BCUT2D eigenvalue weighted by Gasteiger charge is -2.39. The van der Waals surface area contributed by atoms with Gasteiger partial charge in [-0.15, -0.1) is 0 Å². The molecule has 3 heterocycles. The van der Waals surface area contributed by atoms with E-state index >= 15 is 0 Å². The van der Waals surface area contributed by atoms with Crippen molar-refractivity contribution in [2.45, 2.75) is 44.9 Å². The van der Waals surface area contributed by atoms with Gasteiger partial charge in [0.05, 0.1) is 36.9 Å². The molecule has 1 aromatic heterocycles. The molecule has 5 rings (SSSR count). The zero-order chi connectivity index (χ0) is 23.1. The number of methoxy groups -OCH3 is 1. The summed E-state index contributed by atoms with van der Waals surface area (Å²) in [5, 5.41) is 0. The van der Waals surface area contributed by atoms with Crippen LogP contribution in [0.25, 0.3) is 11.8 Å². The molecule has 2 fully saturated rings. The van der Waals surface area contributed by atoms with Crippen molar-refractivity contribution in [1.82, 2.24) is 14.5 Å².